The number of rotatable bonds is 4. The highest BCUT2D eigenvalue weighted by atomic mass is 16.5. The summed E-state index contributed by atoms with van der Waals surface area (Å²) < 4.78 is 5.04. The Balaban J connectivity index is 2.00. The quantitative estimate of drug-likeness (QED) is 0.608. The minimum Gasteiger partial charge on any atom is -0.497 e. The predicted molar refractivity (Wildman–Crippen MR) is 66.9 cm³/mol. The Labute approximate surface area is 103 Å². The Morgan fingerprint density at radius 3 is 2.83 bits per heavy atom. The van der Waals surface area contributed by atoms with Gasteiger partial charge < -0.3 is 4.74 Å². The van der Waals surface area contributed by atoms with E-state index in [1.54, 1.807) is 13.3 Å². The van der Waals surface area contributed by atoms with Crippen molar-refractivity contribution in [2.45, 2.75) is 0 Å². The second-order valence-corrected chi connectivity index (χ2v) is 3.33. The molecule has 18 heavy (non-hydrogen) atoms. The Hall–Kier alpha value is -2.70. The zero-order valence-electron chi connectivity index (χ0n) is 9.62. The zero-order chi connectivity index (χ0) is 12.8. The molecule has 0 unspecified atom stereocenters. The maximum atomic E-state index is 10.9. The third-order valence-corrected chi connectivity index (χ3v) is 2.07. The van der Waals surface area contributed by atoms with Gasteiger partial charge in [-0.3, -0.25) is 9.78 Å². The van der Waals surface area contributed by atoms with E-state index in [0.29, 0.717) is 0 Å². The van der Waals surface area contributed by atoms with E-state index in [1.165, 1.54) is 0 Å². The molecule has 1 aromatic heterocycles. The number of anilines is 1. The molecule has 0 aliphatic carbocycles. The molecular formula is C11H11N5O2. The highest BCUT2D eigenvalue weighted by Crippen LogP contribution is 2.09. The number of H-pyrrole nitrogens is 1. The van der Waals surface area contributed by atoms with Gasteiger partial charge in [-0.15, -0.1) is 10.2 Å². The van der Waals surface area contributed by atoms with Crippen LogP contribution < -0.4 is 15.7 Å². The summed E-state index contributed by atoms with van der Waals surface area (Å²) in [5.41, 5.74) is 3.11. The van der Waals surface area contributed by atoms with Crippen LogP contribution in [0.25, 0.3) is 0 Å². The van der Waals surface area contributed by atoms with Crippen LogP contribution in [0.4, 0.5) is 5.95 Å². The Morgan fingerprint density at radius 2 is 2.17 bits per heavy atom. The molecule has 0 aliphatic heterocycles. The van der Waals surface area contributed by atoms with Gasteiger partial charge in [0.15, 0.2) is 0 Å². The second-order valence-electron chi connectivity index (χ2n) is 3.33. The first-order chi connectivity index (χ1) is 8.78. The molecule has 0 saturated carbocycles. The number of ether oxygens (including phenoxy) is 1. The van der Waals surface area contributed by atoms with Crippen molar-refractivity contribution in [3.05, 3.63) is 46.4 Å². The molecule has 1 heterocycles. The fourth-order valence-electron chi connectivity index (χ4n) is 1.22. The average molecular weight is 245 g/mol. The van der Waals surface area contributed by atoms with Crippen LogP contribution in [0.2, 0.25) is 0 Å². The lowest BCUT2D eigenvalue weighted by Gasteiger charge is -1.99. The molecule has 0 saturated heterocycles. The molecule has 2 rings (SSSR count). The lowest BCUT2D eigenvalue weighted by molar-refractivity contribution is 0.415. The molecule has 7 heteroatoms. The molecule has 0 amide bonds. The summed E-state index contributed by atoms with van der Waals surface area (Å²) in [6, 6.07) is 7.35. The fraction of sp³-hybridized carbons (Fsp3) is 0.0909. The number of nitrogens with one attached hydrogen (secondary N) is 2. The van der Waals surface area contributed by atoms with E-state index in [0.717, 1.165) is 17.5 Å². The van der Waals surface area contributed by atoms with Crippen LogP contribution in [-0.4, -0.2) is 28.5 Å². The summed E-state index contributed by atoms with van der Waals surface area (Å²) in [6.07, 6.45) is 2.67. The van der Waals surface area contributed by atoms with E-state index in [1.807, 2.05) is 24.3 Å². The van der Waals surface area contributed by atoms with Crippen LogP contribution in [0.5, 0.6) is 5.75 Å². The number of hydrazone groups is 1. The molecule has 1 aromatic carbocycles. The van der Waals surface area contributed by atoms with Gasteiger partial charge in [0.2, 0.25) is 5.95 Å². The summed E-state index contributed by atoms with van der Waals surface area (Å²) >= 11 is 0. The van der Waals surface area contributed by atoms with Gasteiger partial charge in [0, 0.05) is 0 Å². The third-order valence-electron chi connectivity index (χ3n) is 2.07. The number of nitrogens with zero attached hydrogens (tertiary/aromatic N) is 3. The van der Waals surface area contributed by atoms with Crippen molar-refractivity contribution in [2.24, 2.45) is 5.10 Å². The molecule has 0 fully saturated rings. The smallest absolute Gasteiger partial charge is 0.271 e. The molecule has 0 radical (unpaired) electrons. The highest BCUT2D eigenvalue weighted by Gasteiger charge is 1.93. The molecule has 2 aromatic rings. The topological polar surface area (TPSA) is 92.3 Å². The van der Waals surface area contributed by atoms with Crippen LogP contribution >= 0.6 is 0 Å². The van der Waals surface area contributed by atoms with E-state index in [-0.39, 0.29) is 11.5 Å². The van der Waals surface area contributed by atoms with E-state index >= 15 is 0 Å². The average Bonchev–Trinajstić information content (AvgIpc) is 2.40. The van der Waals surface area contributed by atoms with Crippen LogP contribution in [-0.2, 0) is 0 Å². The van der Waals surface area contributed by atoms with Gasteiger partial charge >= 0.3 is 0 Å². The van der Waals surface area contributed by atoms with Gasteiger partial charge in [-0.05, 0) is 29.8 Å². The van der Waals surface area contributed by atoms with Crippen molar-refractivity contribution in [1.82, 2.24) is 15.2 Å². The number of methoxy groups -OCH3 is 1. The number of hydrogen-bond acceptors (Lipinski definition) is 6. The van der Waals surface area contributed by atoms with E-state index < -0.39 is 0 Å². The predicted octanol–water partition coefficient (Wildman–Crippen LogP) is 0.619. The molecule has 0 atom stereocenters. The van der Waals surface area contributed by atoms with Crippen LogP contribution in [0.3, 0.4) is 0 Å². The Bertz CT molecular complexity index is 591. The summed E-state index contributed by atoms with van der Waals surface area (Å²) in [5.74, 6) is 0.964. The van der Waals surface area contributed by atoms with E-state index in [9.17, 15) is 4.79 Å². The van der Waals surface area contributed by atoms with E-state index in [4.69, 9.17) is 4.74 Å². The van der Waals surface area contributed by atoms with Crippen LogP contribution in [0, 0.1) is 0 Å². The monoisotopic (exact) mass is 245 g/mol. The number of aromatic amines is 1. The summed E-state index contributed by atoms with van der Waals surface area (Å²) in [5, 5.41) is 11.1. The summed E-state index contributed by atoms with van der Waals surface area (Å²) in [7, 11) is 1.61. The maximum absolute atomic E-state index is 10.9. The van der Waals surface area contributed by atoms with Crippen molar-refractivity contribution < 1.29 is 4.74 Å². The van der Waals surface area contributed by atoms with Crippen molar-refractivity contribution in [3.8, 4) is 5.75 Å². The Morgan fingerprint density at radius 1 is 1.39 bits per heavy atom. The molecule has 2 N–H and O–H groups in total. The first kappa shape index (κ1) is 11.8. The number of benzene rings is 1. The normalized spacial score (nSPS) is 10.5. The molecular weight excluding hydrogens is 234 g/mol. The van der Waals surface area contributed by atoms with Gasteiger partial charge in [0.25, 0.3) is 5.56 Å². The lowest BCUT2D eigenvalue weighted by atomic mass is 10.2. The molecule has 0 aliphatic rings. The summed E-state index contributed by atoms with van der Waals surface area (Å²) in [4.78, 5) is 13.4. The van der Waals surface area contributed by atoms with Crippen LogP contribution in [0.1, 0.15) is 5.56 Å². The van der Waals surface area contributed by atoms with Crippen molar-refractivity contribution in [1.29, 1.82) is 0 Å². The van der Waals surface area contributed by atoms with Crippen molar-refractivity contribution >= 4 is 12.2 Å². The molecule has 0 spiro atoms. The number of hydrogen-bond donors (Lipinski definition) is 2. The van der Waals surface area contributed by atoms with Crippen molar-refractivity contribution in [2.75, 3.05) is 12.5 Å². The van der Waals surface area contributed by atoms with Gasteiger partial charge in [-0.2, -0.15) is 5.10 Å². The van der Waals surface area contributed by atoms with E-state index in [2.05, 4.69) is 25.7 Å². The second kappa shape index (κ2) is 5.58. The zero-order valence-corrected chi connectivity index (χ0v) is 9.62. The minimum atomic E-state index is -0.341. The fourth-order valence-corrected chi connectivity index (χ4v) is 1.22. The van der Waals surface area contributed by atoms with Crippen molar-refractivity contribution in [3.63, 3.8) is 0 Å². The standard InChI is InChI=1S/C11H11N5O2/c1-18-9-4-2-8(3-5-9)6-12-15-11-14-10(17)7-13-16-11/h2-7H,1H3,(H2,14,15,16,17)/b12-6-. The van der Waals surface area contributed by atoms with Gasteiger partial charge in [-0.1, -0.05) is 0 Å². The minimum absolute atomic E-state index is 0.187. The largest absolute Gasteiger partial charge is 0.497 e. The van der Waals surface area contributed by atoms with Gasteiger partial charge in [0.1, 0.15) is 11.9 Å². The SMILES string of the molecule is COc1ccc(/C=N\Nc2nncc(=O)[nH]2)cc1. The third kappa shape index (κ3) is 3.14. The first-order valence-electron chi connectivity index (χ1n) is 5.13. The summed E-state index contributed by atoms with van der Waals surface area (Å²) in [6.45, 7) is 0. The Kier molecular flexibility index (Phi) is 3.65. The number of aromatic nitrogens is 3. The van der Waals surface area contributed by atoms with Crippen LogP contribution in [0.15, 0.2) is 40.4 Å². The van der Waals surface area contributed by atoms with Gasteiger partial charge in [-0.25, -0.2) is 5.43 Å². The molecule has 0 bridgehead atoms. The maximum Gasteiger partial charge on any atom is 0.271 e. The first-order valence-corrected chi connectivity index (χ1v) is 5.13. The highest BCUT2D eigenvalue weighted by molar-refractivity contribution is 5.80. The lowest BCUT2D eigenvalue weighted by Crippen LogP contribution is -2.10. The van der Waals surface area contributed by atoms with Gasteiger partial charge in [0.05, 0.1) is 13.3 Å². The molecule has 92 valence electrons. The molecule has 7 nitrogen and oxygen atoms in total.